The van der Waals surface area contributed by atoms with Gasteiger partial charge < -0.3 is 9.88 Å². The molecule has 0 aliphatic carbocycles. The number of aryl methyl sites for hydroxylation is 3. The van der Waals surface area contributed by atoms with E-state index in [4.69, 9.17) is 0 Å². The lowest BCUT2D eigenvalue weighted by Gasteiger charge is -2.11. The molecule has 4 heteroatoms. The molecule has 1 amide bonds. The number of ketones is 1. The summed E-state index contributed by atoms with van der Waals surface area (Å²) in [6, 6.07) is 17.6. The Kier molecular flexibility index (Phi) is 5.55. The van der Waals surface area contributed by atoms with Gasteiger partial charge in [-0.25, -0.2) is 0 Å². The molecule has 4 nitrogen and oxygen atoms in total. The summed E-state index contributed by atoms with van der Waals surface area (Å²) >= 11 is 0. The summed E-state index contributed by atoms with van der Waals surface area (Å²) in [6.45, 7) is 7.04. The van der Waals surface area contributed by atoms with Crippen LogP contribution in [0, 0.1) is 20.8 Å². The third kappa shape index (κ3) is 4.53. The number of carbonyl (C=O) groups excluding carboxylic acids is 2. The molecule has 3 aromatic rings. The lowest BCUT2D eigenvalue weighted by molar-refractivity contribution is -0.117. The van der Waals surface area contributed by atoms with Crippen molar-refractivity contribution in [2.75, 3.05) is 0 Å². The average molecular weight is 360 g/mol. The van der Waals surface area contributed by atoms with E-state index >= 15 is 0 Å². The van der Waals surface area contributed by atoms with Gasteiger partial charge in [0.2, 0.25) is 0 Å². The smallest absolute Gasteiger partial charge is 0.294 e. The van der Waals surface area contributed by atoms with Crippen molar-refractivity contribution in [1.82, 2.24) is 9.88 Å². The van der Waals surface area contributed by atoms with Crippen LogP contribution < -0.4 is 5.32 Å². The van der Waals surface area contributed by atoms with E-state index in [1.807, 2.05) is 48.0 Å². The van der Waals surface area contributed by atoms with Crippen molar-refractivity contribution in [2.24, 2.45) is 0 Å². The molecule has 1 aromatic heterocycles. The van der Waals surface area contributed by atoms with Crippen molar-refractivity contribution < 1.29 is 9.59 Å². The molecule has 138 valence electrons. The van der Waals surface area contributed by atoms with E-state index in [1.165, 1.54) is 11.1 Å². The molecule has 0 spiro atoms. The lowest BCUT2D eigenvalue weighted by atomic mass is 10.1. The number of nitrogens with zero attached hydrogens (tertiary/aromatic N) is 1. The minimum absolute atomic E-state index is 0.336. The standard InChI is InChI=1S/C23H24N2O2/c1-16-6-9-19(10-7-16)14-24-23(27)22(26)21-5-4-12-25(21)15-20-11-8-17(2)18(3)13-20/h4-13H,14-15H2,1-3H3,(H,24,27). The third-order valence-corrected chi connectivity index (χ3v) is 4.77. The lowest BCUT2D eigenvalue weighted by Crippen LogP contribution is -2.32. The summed E-state index contributed by atoms with van der Waals surface area (Å²) < 4.78 is 1.82. The van der Waals surface area contributed by atoms with E-state index in [1.54, 1.807) is 12.1 Å². The minimum atomic E-state index is -0.587. The van der Waals surface area contributed by atoms with Crippen LogP contribution in [0.2, 0.25) is 0 Å². The molecule has 0 aliphatic heterocycles. The molecule has 3 rings (SSSR count). The highest BCUT2D eigenvalue weighted by atomic mass is 16.2. The molecule has 0 aliphatic rings. The van der Waals surface area contributed by atoms with Crippen molar-refractivity contribution in [3.63, 3.8) is 0 Å². The number of nitrogens with one attached hydrogen (secondary N) is 1. The van der Waals surface area contributed by atoms with E-state index in [0.717, 1.165) is 16.7 Å². The molecule has 0 atom stereocenters. The Morgan fingerprint density at radius 1 is 0.889 bits per heavy atom. The fourth-order valence-electron chi connectivity index (χ4n) is 2.94. The van der Waals surface area contributed by atoms with Crippen molar-refractivity contribution >= 4 is 11.7 Å². The van der Waals surface area contributed by atoms with Crippen molar-refractivity contribution in [3.8, 4) is 0 Å². The number of hydrogen-bond donors (Lipinski definition) is 1. The predicted octanol–water partition coefficient (Wildman–Crippen LogP) is 3.96. The van der Waals surface area contributed by atoms with Crippen LogP contribution in [0.5, 0.6) is 0 Å². The summed E-state index contributed by atoms with van der Waals surface area (Å²) in [4.78, 5) is 24.9. The van der Waals surface area contributed by atoms with Crippen LogP contribution in [0.4, 0.5) is 0 Å². The molecule has 0 radical (unpaired) electrons. The average Bonchev–Trinajstić information content (AvgIpc) is 3.11. The second-order valence-electron chi connectivity index (χ2n) is 6.94. The Bertz CT molecular complexity index is 968. The van der Waals surface area contributed by atoms with Gasteiger partial charge in [-0.05, 0) is 55.2 Å². The summed E-state index contributed by atoms with van der Waals surface area (Å²) in [7, 11) is 0. The number of hydrogen-bond acceptors (Lipinski definition) is 2. The molecular weight excluding hydrogens is 336 g/mol. The molecule has 27 heavy (non-hydrogen) atoms. The summed E-state index contributed by atoms with van der Waals surface area (Å²) in [5, 5.41) is 2.71. The Morgan fingerprint density at radius 2 is 1.59 bits per heavy atom. The zero-order valence-electron chi connectivity index (χ0n) is 16.0. The highest BCUT2D eigenvalue weighted by Crippen LogP contribution is 2.13. The largest absolute Gasteiger partial charge is 0.345 e. The van der Waals surface area contributed by atoms with E-state index < -0.39 is 11.7 Å². The van der Waals surface area contributed by atoms with Gasteiger partial charge in [-0.15, -0.1) is 0 Å². The van der Waals surface area contributed by atoms with Gasteiger partial charge in [0.15, 0.2) is 0 Å². The van der Waals surface area contributed by atoms with Crippen molar-refractivity contribution in [3.05, 3.63) is 94.3 Å². The quantitative estimate of drug-likeness (QED) is 0.534. The van der Waals surface area contributed by atoms with Crippen LogP contribution >= 0.6 is 0 Å². The fraction of sp³-hybridized carbons (Fsp3) is 0.217. The number of aromatic nitrogens is 1. The molecule has 0 unspecified atom stereocenters. The maximum Gasteiger partial charge on any atom is 0.294 e. The first-order chi connectivity index (χ1) is 12.9. The Morgan fingerprint density at radius 3 is 2.30 bits per heavy atom. The molecule has 1 heterocycles. The first-order valence-corrected chi connectivity index (χ1v) is 9.03. The van der Waals surface area contributed by atoms with Gasteiger partial charge in [-0.1, -0.05) is 48.0 Å². The van der Waals surface area contributed by atoms with Gasteiger partial charge in [0.05, 0.1) is 5.69 Å². The molecule has 0 saturated carbocycles. The maximum atomic E-state index is 12.6. The summed E-state index contributed by atoms with van der Waals surface area (Å²) in [6.07, 6.45) is 1.83. The second kappa shape index (κ2) is 8.04. The number of rotatable bonds is 6. The zero-order valence-corrected chi connectivity index (χ0v) is 16.0. The molecule has 0 saturated heterocycles. The monoisotopic (exact) mass is 360 g/mol. The molecular formula is C23H24N2O2. The SMILES string of the molecule is Cc1ccc(CNC(=O)C(=O)c2cccn2Cc2ccc(C)c(C)c2)cc1. The zero-order chi connectivity index (χ0) is 19.4. The van der Waals surface area contributed by atoms with E-state index in [0.29, 0.717) is 18.8 Å². The van der Waals surface area contributed by atoms with Gasteiger partial charge in [0.25, 0.3) is 11.7 Å². The van der Waals surface area contributed by atoms with E-state index in [2.05, 4.69) is 31.3 Å². The van der Waals surface area contributed by atoms with E-state index in [-0.39, 0.29) is 0 Å². The van der Waals surface area contributed by atoms with Gasteiger partial charge in [-0.3, -0.25) is 9.59 Å². The topological polar surface area (TPSA) is 51.1 Å². The third-order valence-electron chi connectivity index (χ3n) is 4.77. The van der Waals surface area contributed by atoms with Crippen molar-refractivity contribution in [1.29, 1.82) is 0 Å². The number of carbonyl (C=O) groups is 2. The van der Waals surface area contributed by atoms with Crippen LogP contribution in [-0.4, -0.2) is 16.3 Å². The van der Waals surface area contributed by atoms with Gasteiger partial charge in [-0.2, -0.15) is 0 Å². The Balaban J connectivity index is 1.68. The normalized spacial score (nSPS) is 10.6. The molecule has 0 fully saturated rings. The summed E-state index contributed by atoms with van der Waals surface area (Å²) in [5.74, 6) is -1.11. The van der Waals surface area contributed by atoms with Crippen LogP contribution in [0.25, 0.3) is 0 Å². The van der Waals surface area contributed by atoms with Gasteiger partial charge >= 0.3 is 0 Å². The highest BCUT2D eigenvalue weighted by Gasteiger charge is 2.19. The van der Waals surface area contributed by atoms with Crippen LogP contribution in [0.1, 0.15) is 38.3 Å². The fourth-order valence-corrected chi connectivity index (χ4v) is 2.94. The second-order valence-corrected chi connectivity index (χ2v) is 6.94. The van der Waals surface area contributed by atoms with Crippen LogP contribution in [-0.2, 0) is 17.9 Å². The van der Waals surface area contributed by atoms with Crippen LogP contribution in [0.15, 0.2) is 60.8 Å². The van der Waals surface area contributed by atoms with Gasteiger partial charge in [0, 0.05) is 19.3 Å². The Hall–Kier alpha value is -3.14. The van der Waals surface area contributed by atoms with Crippen molar-refractivity contribution in [2.45, 2.75) is 33.9 Å². The number of benzene rings is 2. The highest BCUT2D eigenvalue weighted by molar-refractivity contribution is 6.42. The first-order valence-electron chi connectivity index (χ1n) is 9.03. The molecule has 0 bridgehead atoms. The number of amides is 1. The summed E-state index contributed by atoms with van der Waals surface area (Å²) in [5.41, 5.74) is 6.07. The predicted molar refractivity (Wildman–Crippen MR) is 107 cm³/mol. The first kappa shape index (κ1) is 18.6. The van der Waals surface area contributed by atoms with E-state index in [9.17, 15) is 9.59 Å². The minimum Gasteiger partial charge on any atom is -0.345 e. The maximum absolute atomic E-state index is 12.6. The Labute approximate surface area is 159 Å². The van der Waals surface area contributed by atoms with Crippen LogP contribution in [0.3, 0.4) is 0 Å². The number of Topliss-reactive ketones (excluding diaryl/α,β-unsaturated/α-hetero) is 1. The van der Waals surface area contributed by atoms with Gasteiger partial charge in [0.1, 0.15) is 0 Å². The molecule has 2 aromatic carbocycles. The molecule has 1 N–H and O–H groups in total.